The number of rotatable bonds is 7. The van der Waals surface area contributed by atoms with Gasteiger partial charge in [0.05, 0.1) is 0 Å². The average molecular weight is 420 g/mol. The van der Waals surface area contributed by atoms with Crippen molar-refractivity contribution < 1.29 is 27.5 Å². The van der Waals surface area contributed by atoms with Gasteiger partial charge in [-0.3, -0.25) is 14.5 Å². The van der Waals surface area contributed by atoms with E-state index in [0.717, 1.165) is 4.90 Å². The summed E-state index contributed by atoms with van der Waals surface area (Å²) in [5.74, 6) is -0.887. The molecule has 3 fully saturated rings. The van der Waals surface area contributed by atoms with E-state index in [1.54, 1.807) is 24.3 Å². The summed E-state index contributed by atoms with van der Waals surface area (Å²) in [5, 5.41) is 5.91. The lowest BCUT2D eigenvalue weighted by molar-refractivity contribution is -0.190. The van der Waals surface area contributed by atoms with Crippen molar-refractivity contribution in [1.82, 2.24) is 15.5 Å². The van der Waals surface area contributed by atoms with Gasteiger partial charge in [0.15, 0.2) is 12.6 Å². The maximum atomic E-state index is 13.0. The predicted molar refractivity (Wildman–Crippen MR) is 96.1 cm³/mol. The molecule has 1 aromatic rings. The van der Waals surface area contributed by atoms with Crippen molar-refractivity contribution in [1.29, 1.82) is 0 Å². The Hall–Kier alpha value is -2.00. The second-order valence-corrected chi connectivity index (χ2v) is 8.22. The van der Waals surface area contributed by atoms with Crippen molar-refractivity contribution in [2.45, 2.75) is 42.6 Å². The first kappa shape index (κ1) is 20.7. The van der Waals surface area contributed by atoms with Gasteiger partial charge in [-0.2, -0.15) is 13.2 Å². The fourth-order valence-corrected chi connectivity index (χ4v) is 4.20. The number of carbonyl (C=O) groups is 2. The molecular weight excluding hydrogens is 399 g/mol. The quantitative estimate of drug-likeness (QED) is 0.710. The Bertz CT molecular complexity index is 748. The minimum Gasteiger partial charge on any atom is -0.484 e. The summed E-state index contributed by atoms with van der Waals surface area (Å²) in [6.07, 6.45) is -3.41. The number of hydrogen-bond donors (Lipinski definition) is 2. The van der Waals surface area contributed by atoms with E-state index < -0.39 is 29.2 Å². The van der Waals surface area contributed by atoms with Gasteiger partial charge in [0.25, 0.3) is 5.91 Å². The highest BCUT2D eigenvalue weighted by molar-refractivity contribution is 6.30. The fourth-order valence-electron chi connectivity index (χ4n) is 4.07. The smallest absolute Gasteiger partial charge is 0.412 e. The topological polar surface area (TPSA) is 70.7 Å². The van der Waals surface area contributed by atoms with E-state index in [1.165, 1.54) is 14.1 Å². The Morgan fingerprint density at radius 1 is 1.14 bits per heavy atom. The van der Waals surface area contributed by atoms with Crippen molar-refractivity contribution >= 4 is 23.4 Å². The minimum absolute atomic E-state index is 0.181. The number of alkyl halides is 3. The zero-order valence-electron chi connectivity index (χ0n) is 15.4. The third kappa shape index (κ3) is 4.20. The monoisotopic (exact) mass is 419 g/mol. The Morgan fingerprint density at radius 2 is 1.68 bits per heavy atom. The number of nitrogens with zero attached hydrogens (tertiary/aromatic N) is 1. The molecule has 0 heterocycles. The summed E-state index contributed by atoms with van der Waals surface area (Å²) >= 11 is 5.77. The number of likely N-dealkylation sites (N-methyl/N-ethyl adjacent to an activating group) is 1. The van der Waals surface area contributed by atoms with Gasteiger partial charge in [0.1, 0.15) is 5.75 Å². The molecule has 2 amide bonds. The summed E-state index contributed by atoms with van der Waals surface area (Å²) in [7, 11) is 2.42. The van der Waals surface area contributed by atoms with Crippen LogP contribution in [0.25, 0.3) is 0 Å². The zero-order chi connectivity index (χ0) is 20.7. The summed E-state index contributed by atoms with van der Waals surface area (Å²) in [6.45, 7) is -0.181. The van der Waals surface area contributed by atoms with Crippen molar-refractivity contribution in [3.63, 3.8) is 0 Å². The van der Waals surface area contributed by atoms with Crippen LogP contribution >= 0.6 is 11.6 Å². The Kier molecular flexibility index (Phi) is 5.26. The second-order valence-electron chi connectivity index (χ2n) is 7.78. The third-order valence-electron chi connectivity index (χ3n) is 5.08. The number of amides is 2. The molecule has 1 atom stereocenters. The SMILES string of the molecule is CN(C)C(C(=O)NC12CC(NC(=O)COc3ccc(Cl)cc3)(C1)C2)C(F)(F)F. The van der Waals surface area contributed by atoms with E-state index in [4.69, 9.17) is 16.3 Å². The predicted octanol–water partition coefficient (Wildman–Crippen LogP) is 2.12. The standard InChI is InChI=1S/C18H21ClF3N3O3/c1-25(2)14(18(20,21)22)15(27)24-17-8-16(9-17,10-17)23-13(26)7-28-12-5-3-11(19)4-6-12/h3-6,14H,7-10H2,1-2H3,(H,23,26)(H,24,27). The highest BCUT2D eigenvalue weighted by Gasteiger charge is 2.70. The first-order valence-corrected chi connectivity index (χ1v) is 9.06. The van der Waals surface area contributed by atoms with Crippen LogP contribution in [0.15, 0.2) is 24.3 Å². The molecule has 0 saturated heterocycles. The van der Waals surface area contributed by atoms with Crippen LogP contribution in [0.5, 0.6) is 5.75 Å². The van der Waals surface area contributed by atoms with E-state index >= 15 is 0 Å². The van der Waals surface area contributed by atoms with E-state index in [0.29, 0.717) is 30.0 Å². The number of benzene rings is 1. The number of nitrogens with one attached hydrogen (secondary N) is 2. The third-order valence-corrected chi connectivity index (χ3v) is 5.33. The number of carbonyl (C=O) groups excluding carboxylic acids is 2. The Morgan fingerprint density at radius 3 is 2.18 bits per heavy atom. The maximum Gasteiger partial charge on any atom is 0.412 e. The van der Waals surface area contributed by atoms with E-state index in [1.807, 2.05) is 0 Å². The van der Waals surface area contributed by atoms with Crippen LogP contribution in [0.2, 0.25) is 5.02 Å². The lowest BCUT2D eigenvalue weighted by Crippen LogP contribution is -2.84. The van der Waals surface area contributed by atoms with Crippen LogP contribution in [-0.4, -0.2) is 60.7 Å². The van der Waals surface area contributed by atoms with E-state index in [-0.39, 0.29) is 12.5 Å². The van der Waals surface area contributed by atoms with Gasteiger partial charge in [-0.25, -0.2) is 0 Å². The van der Waals surface area contributed by atoms with Gasteiger partial charge in [0.2, 0.25) is 5.91 Å². The van der Waals surface area contributed by atoms with Crippen molar-refractivity contribution in [2.24, 2.45) is 0 Å². The second kappa shape index (κ2) is 7.11. The normalized spacial score (nSPS) is 26.7. The fraction of sp³-hybridized carbons (Fsp3) is 0.556. The van der Waals surface area contributed by atoms with Gasteiger partial charge in [-0.15, -0.1) is 0 Å². The molecule has 0 radical (unpaired) electrons. The van der Waals surface area contributed by atoms with Crippen molar-refractivity contribution in [3.05, 3.63) is 29.3 Å². The summed E-state index contributed by atoms with van der Waals surface area (Å²) in [5.41, 5.74) is -1.14. The molecule has 3 aliphatic carbocycles. The summed E-state index contributed by atoms with van der Waals surface area (Å²) < 4.78 is 44.5. The highest BCUT2D eigenvalue weighted by Crippen LogP contribution is 2.60. The van der Waals surface area contributed by atoms with Crippen molar-refractivity contribution in [3.8, 4) is 5.75 Å². The Balaban J connectivity index is 1.45. The van der Waals surface area contributed by atoms with Gasteiger partial charge in [-0.05, 0) is 57.6 Å². The molecule has 3 saturated carbocycles. The summed E-state index contributed by atoms with van der Waals surface area (Å²) in [4.78, 5) is 25.0. The number of halogens is 4. The van der Waals surface area contributed by atoms with Crippen LogP contribution in [0.1, 0.15) is 19.3 Å². The molecule has 10 heteroatoms. The molecule has 1 unspecified atom stereocenters. The highest BCUT2D eigenvalue weighted by atomic mass is 35.5. The molecule has 28 heavy (non-hydrogen) atoms. The lowest BCUT2D eigenvalue weighted by atomic mass is 9.44. The van der Waals surface area contributed by atoms with Gasteiger partial charge in [-0.1, -0.05) is 11.6 Å². The van der Waals surface area contributed by atoms with Crippen LogP contribution in [0.4, 0.5) is 13.2 Å². The largest absolute Gasteiger partial charge is 0.484 e. The molecule has 0 aliphatic heterocycles. The molecule has 6 nitrogen and oxygen atoms in total. The Labute approximate surface area is 165 Å². The molecule has 0 aromatic heterocycles. The van der Waals surface area contributed by atoms with Gasteiger partial charge in [0, 0.05) is 16.1 Å². The van der Waals surface area contributed by atoms with Gasteiger partial charge < -0.3 is 15.4 Å². The minimum atomic E-state index is -4.65. The average Bonchev–Trinajstić information content (AvgIpc) is 2.49. The van der Waals surface area contributed by atoms with E-state index in [2.05, 4.69) is 10.6 Å². The number of ether oxygens (including phenoxy) is 1. The van der Waals surface area contributed by atoms with Crippen LogP contribution in [0.3, 0.4) is 0 Å². The molecule has 2 N–H and O–H groups in total. The van der Waals surface area contributed by atoms with Crippen LogP contribution in [0, 0.1) is 0 Å². The first-order valence-electron chi connectivity index (χ1n) is 8.68. The summed E-state index contributed by atoms with van der Waals surface area (Å²) in [6, 6.07) is 4.38. The zero-order valence-corrected chi connectivity index (χ0v) is 16.2. The first-order chi connectivity index (χ1) is 12.9. The van der Waals surface area contributed by atoms with Gasteiger partial charge >= 0.3 is 6.18 Å². The molecule has 4 rings (SSSR count). The molecule has 2 bridgehead atoms. The molecule has 154 valence electrons. The van der Waals surface area contributed by atoms with Crippen LogP contribution in [-0.2, 0) is 9.59 Å². The van der Waals surface area contributed by atoms with E-state index in [9.17, 15) is 22.8 Å². The number of hydrogen-bond acceptors (Lipinski definition) is 4. The lowest BCUT2D eigenvalue weighted by Gasteiger charge is -2.70. The molecule has 1 aromatic carbocycles. The molecule has 0 spiro atoms. The van der Waals surface area contributed by atoms with Crippen molar-refractivity contribution in [2.75, 3.05) is 20.7 Å². The molecule has 3 aliphatic rings. The maximum absolute atomic E-state index is 13.0. The molecular formula is C18H21ClF3N3O3. The van der Waals surface area contributed by atoms with Crippen LogP contribution < -0.4 is 15.4 Å².